The molecule has 41 heavy (non-hydrogen) atoms. The van der Waals surface area contributed by atoms with Gasteiger partial charge in [-0.2, -0.15) is 24.3 Å². The van der Waals surface area contributed by atoms with E-state index in [0.717, 1.165) is 11.1 Å². The number of hydrogen-bond acceptors (Lipinski definition) is 0. The maximum absolute atomic E-state index is 3.39. The van der Waals surface area contributed by atoms with Gasteiger partial charge in [-0.15, -0.1) is 45.8 Å². The molecule has 0 heterocycles. The Bertz CT molecular complexity index is 1300. The standard InChI is InChI=1S/C20H12.C20H24.Zr/c1-3-11-17-15(7-1)9-5-13-19(17)20-14-6-10-16-8-2-4-12-18(16)20;1-3-7-19-15(5-1)9-11-17(19)13-14-18-12-10-16-6-2-4-8-20(16)18;/h1-12H;9-12H,1-8,13-14H2;/q-2;;+4. The van der Waals surface area contributed by atoms with E-state index in [1.807, 2.05) is 12.1 Å². The summed E-state index contributed by atoms with van der Waals surface area (Å²) in [6.07, 6.45) is 23.0. The minimum Gasteiger partial charge on any atom is -0.218 e. The van der Waals surface area contributed by atoms with Crippen molar-refractivity contribution in [1.82, 2.24) is 0 Å². The Morgan fingerprint density at radius 3 is 1.41 bits per heavy atom. The quantitative estimate of drug-likeness (QED) is 0.203. The maximum atomic E-state index is 3.39. The third-order valence-electron chi connectivity index (χ3n) is 9.12. The zero-order chi connectivity index (χ0) is 26.7. The Kier molecular flexibility index (Phi) is 9.82. The first-order valence-corrected chi connectivity index (χ1v) is 15.2. The van der Waals surface area contributed by atoms with E-state index in [1.165, 1.54) is 85.8 Å². The average Bonchev–Trinajstić information content (AvgIpc) is 3.64. The van der Waals surface area contributed by atoms with Gasteiger partial charge in [0.2, 0.25) is 0 Å². The van der Waals surface area contributed by atoms with Crippen molar-refractivity contribution in [2.45, 2.75) is 64.2 Å². The topological polar surface area (TPSA) is 0 Å². The van der Waals surface area contributed by atoms with Crippen molar-refractivity contribution in [2.24, 2.45) is 0 Å². The minimum absolute atomic E-state index is 0. The summed E-state index contributed by atoms with van der Waals surface area (Å²) in [5.74, 6) is 10.00. The third kappa shape index (κ3) is 6.32. The summed E-state index contributed by atoms with van der Waals surface area (Å²) >= 11 is 0. The second-order valence-corrected chi connectivity index (χ2v) is 11.5. The van der Waals surface area contributed by atoms with Gasteiger partial charge in [0.05, 0.1) is 0 Å². The van der Waals surface area contributed by atoms with Crippen LogP contribution in [0.5, 0.6) is 0 Å². The Morgan fingerprint density at radius 1 is 0.488 bits per heavy atom. The SMILES string of the molecule is [CH]1[CH][C](CC[C]2[CH][CH][C]3CCCC[C]32)[C]2CCCC[C]12.[Zr+4].[c-]1ccc2ccccc2c1-c1[c-]ccc2ccccc12. The first-order chi connectivity index (χ1) is 19.8. The van der Waals surface area contributed by atoms with Gasteiger partial charge < -0.3 is 0 Å². The predicted octanol–water partition coefficient (Wildman–Crippen LogP) is 10.5. The molecule has 4 aromatic carbocycles. The van der Waals surface area contributed by atoms with Crippen molar-refractivity contribution in [2.75, 3.05) is 0 Å². The van der Waals surface area contributed by atoms with Gasteiger partial charge in [-0.05, 0) is 99.7 Å². The van der Waals surface area contributed by atoms with E-state index in [4.69, 9.17) is 0 Å². The molecule has 4 aliphatic carbocycles. The molecule has 198 valence electrons. The summed E-state index contributed by atoms with van der Waals surface area (Å²) < 4.78 is 0. The van der Waals surface area contributed by atoms with Crippen molar-refractivity contribution in [3.05, 3.63) is 146 Å². The fourth-order valence-electron chi connectivity index (χ4n) is 7.04. The van der Waals surface area contributed by atoms with Crippen LogP contribution in [0.15, 0.2) is 72.8 Å². The summed E-state index contributed by atoms with van der Waals surface area (Å²) in [4.78, 5) is 0. The van der Waals surface area contributed by atoms with Crippen LogP contribution in [0.3, 0.4) is 0 Å². The molecule has 1 heteroatoms. The van der Waals surface area contributed by atoms with E-state index in [-0.39, 0.29) is 26.2 Å². The molecule has 0 unspecified atom stereocenters. The molecule has 0 atom stereocenters. The van der Waals surface area contributed by atoms with Crippen LogP contribution in [0.1, 0.15) is 64.2 Å². The molecule has 4 aliphatic rings. The average molecular weight is 608 g/mol. The summed E-state index contributed by atoms with van der Waals surface area (Å²) in [5.41, 5.74) is 2.25. The fraction of sp³-hybridized carbons (Fsp3) is 0.250. The molecule has 0 spiro atoms. The molecule has 0 amide bonds. The second kappa shape index (κ2) is 13.7. The summed E-state index contributed by atoms with van der Waals surface area (Å²) in [6.45, 7) is 0. The van der Waals surface area contributed by atoms with E-state index in [2.05, 4.69) is 98.5 Å². The summed E-state index contributed by atoms with van der Waals surface area (Å²) in [5, 5.41) is 4.93. The van der Waals surface area contributed by atoms with Gasteiger partial charge in [-0.25, -0.2) is 11.1 Å². The van der Waals surface area contributed by atoms with Gasteiger partial charge in [0.15, 0.2) is 0 Å². The van der Waals surface area contributed by atoms with Gasteiger partial charge in [-0.1, -0.05) is 62.1 Å². The van der Waals surface area contributed by atoms with E-state index in [9.17, 15) is 0 Å². The predicted molar refractivity (Wildman–Crippen MR) is 167 cm³/mol. The Morgan fingerprint density at radius 2 is 0.927 bits per heavy atom. The fourth-order valence-corrected chi connectivity index (χ4v) is 7.04. The number of benzene rings is 4. The van der Waals surface area contributed by atoms with E-state index >= 15 is 0 Å². The third-order valence-corrected chi connectivity index (χ3v) is 9.12. The number of rotatable bonds is 4. The Hall–Kier alpha value is -1.72. The Balaban J connectivity index is 0.000000144. The molecule has 0 aliphatic heterocycles. The molecular weight excluding hydrogens is 572 g/mol. The van der Waals surface area contributed by atoms with Crippen molar-refractivity contribution in [3.8, 4) is 11.1 Å². The van der Waals surface area contributed by atoms with E-state index < -0.39 is 0 Å². The van der Waals surface area contributed by atoms with Crippen molar-refractivity contribution in [3.63, 3.8) is 0 Å². The van der Waals surface area contributed by atoms with Crippen LogP contribution in [0.2, 0.25) is 0 Å². The molecule has 0 saturated heterocycles. The van der Waals surface area contributed by atoms with Gasteiger partial charge in [0.25, 0.3) is 0 Å². The van der Waals surface area contributed by atoms with E-state index in [1.54, 1.807) is 35.5 Å². The van der Waals surface area contributed by atoms with Gasteiger partial charge >= 0.3 is 26.2 Å². The number of fused-ring (bicyclic) bond motifs is 4. The maximum Gasteiger partial charge on any atom is 4.00 e. The molecule has 4 fully saturated rings. The van der Waals surface area contributed by atoms with E-state index in [0.29, 0.717) is 0 Å². The molecule has 4 aromatic rings. The minimum atomic E-state index is 0. The van der Waals surface area contributed by atoms with Crippen LogP contribution >= 0.6 is 0 Å². The zero-order valence-electron chi connectivity index (χ0n) is 23.8. The first-order valence-electron chi connectivity index (χ1n) is 15.2. The largest absolute Gasteiger partial charge is 4.00 e. The van der Waals surface area contributed by atoms with Gasteiger partial charge in [-0.3, -0.25) is 0 Å². The van der Waals surface area contributed by atoms with Crippen LogP contribution in [0, 0.1) is 73.3 Å². The summed E-state index contributed by atoms with van der Waals surface area (Å²) in [6, 6.07) is 31.8. The summed E-state index contributed by atoms with van der Waals surface area (Å²) in [7, 11) is 0. The molecule has 4 saturated carbocycles. The van der Waals surface area contributed by atoms with Crippen LogP contribution in [0.25, 0.3) is 32.7 Å². The molecule has 0 N–H and O–H groups in total. The smallest absolute Gasteiger partial charge is 0.218 e. The van der Waals surface area contributed by atoms with Crippen LogP contribution < -0.4 is 0 Å². The molecular formula is C40H36Zr+2. The van der Waals surface area contributed by atoms with Crippen LogP contribution in [-0.2, 0) is 26.2 Å². The zero-order valence-corrected chi connectivity index (χ0v) is 26.3. The monoisotopic (exact) mass is 606 g/mol. The number of hydrogen-bond donors (Lipinski definition) is 0. The van der Waals surface area contributed by atoms with Crippen molar-refractivity contribution >= 4 is 21.5 Å². The van der Waals surface area contributed by atoms with Gasteiger partial charge in [0, 0.05) is 0 Å². The van der Waals surface area contributed by atoms with Crippen molar-refractivity contribution in [1.29, 1.82) is 0 Å². The normalized spacial score (nSPS) is 20.9. The second-order valence-electron chi connectivity index (χ2n) is 11.5. The molecule has 8 rings (SSSR count). The van der Waals surface area contributed by atoms with Crippen LogP contribution in [0.4, 0.5) is 0 Å². The first kappa shape index (κ1) is 29.4. The molecule has 10 radical (unpaired) electrons. The molecule has 0 aromatic heterocycles. The molecule has 0 bridgehead atoms. The van der Waals surface area contributed by atoms with Gasteiger partial charge in [0.1, 0.15) is 0 Å². The Labute approximate surface area is 267 Å². The van der Waals surface area contributed by atoms with Crippen LogP contribution in [-0.4, -0.2) is 0 Å². The molecule has 0 nitrogen and oxygen atoms in total. The van der Waals surface area contributed by atoms with Crippen molar-refractivity contribution < 1.29 is 26.2 Å².